The number of nitrogens with zero attached hydrogens (tertiary/aromatic N) is 1. The van der Waals surface area contributed by atoms with Crippen LogP contribution in [0, 0.1) is 5.92 Å². The Labute approximate surface area is 147 Å². The molecule has 1 aliphatic carbocycles. The van der Waals surface area contributed by atoms with Crippen LogP contribution >= 0.6 is 0 Å². The van der Waals surface area contributed by atoms with Crippen LogP contribution in [0.3, 0.4) is 0 Å². The number of anilines is 1. The molecule has 1 aromatic carbocycles. The fraction of sp³-hybridized carbons (Fsp3) is 0.474. The first kappa shape index (κ1) is 17.5. The van der Waals surface area contributed by atoms with Crippen LogP contribution in [0.5, 0.6) is 0 Å². The van der Waals surface area contributed by atoms with Crippen LogP contribution in [0.25, 0.3) is 10.9 Å². The number of aryl methyl sites for hydroxylation is 1. The van der Waals surface area contributed by atoms with Gasteiger partial charge in [0.25, 0.3) is 0 Å². The zero-order valence-electron chi connectivity index (χ0n) is 14.5. The molecule has 3 rings (SSSR count). The van der Waals surface area contributed by atoms with Crippen LogP contribution in [0.2, 0.25) is 0 Å². The van der Waals surface area contributed by atoms with Crippen molar-refractivity contribution in [1.82, 2.24) is 9.88 Å². The number of carbonyl (C=O) groups excluding carboxylic acids is 2. The third kappa shape index (κ3) is 4.20. The Morgan fingerprint density at radius 1 is 1.28 bits per heavy atom. The highest BCUT2D eigenvalue weighted by Gasteiger charge is 2.33. The quantitative estimate of drug-likeness (QED) is 0.674. The third-order valence-corrected chi connectivity index (χ3v) is 4.65. The summed E-state index contributed by atoms with van der Waals surface area (Å²) in [5.74, 6) is -0.927. The topological polar surface area (TPSA) is 83.4 Å². The Balaban J connectivity index is 1.63. The highest BCUT2D eigenvalue weighted by Crippen LogP contribution is 2.33. The average molecular weight is 343 g/mol. The van der Waals surface area contributed by atoms with Crippen LogP contribution in [0.1, 0.15) is 32.6 Å². The van der Waals surface area contributed by atoms with Crippen LogP contribution in [0.15, 0.2) is 30.5 Å². The number of hydrogen-bond acceptors (Lipinski definition) is 3. The van der Waals surface area contributed by atoms with E-state index in [4.69, 9.17) is 5.11 Å². The van der Waals surface area contributed by atoms with E-state index < -0.39 is 11.8 Å². The molecule has 6 nitrogen and oxygen atoms in total. The molecule has 1 fully saturated rings. The van der Waals surface area contributed by atoms with E-state index >= 15 is 0 Å². The summed E-state index contributed by atoms with van der Waals surface area (Å²) in [5, 5.41) is 15.5. The minimum Gasteiger partial charge on any atom is -0.396 e. The number of nitrogens with one attached hydrogen (secondary N) is 2. The lowest BCUT2D eigenvalue weighted by atomic mass is 10.1. The molecule has 0 aliphatic heterocycles. The maximum absolute atomic E-state index is 12.1. The molecule has 1 saturated carbocycles. The lowest BCUT2D eigenvalue weighted by Gasteiger charge is -2.16. The third-order valence-electron chi connectivity index (χ3n) is 4.65. The van der Waals surface area contributed by atoms with Gasteiger partial charge in [-0.2, -0.15) is 0 Å². The Hall–Kier alpha value is -2.34. The molecule has 25 heavy (non-hydrogen) atoms. The van der Waals surface area contributed by atoms with E-state index in [-0.39, 0.29) is 12.6 Å². The van der Waals surface area contributed by atoms with Gasteiger partial charge in [0, 0.05) is 42.0 Å². The van der Waals surface area contributed by atoms with Crippen LogP contribution in [-0.2, 0) is 16.1 Å². The smallest absolute Gasteiger partial charge is 0.313 e. The predicted octanol–water partition coefficient (Wildman–Crippen LogP) is 2.27. The number of rotatable bonds is 7. The average Bonchev–Trinajstić information content (AvgIpc) is 3.37. The molecule has 134 valence electrons. The molecule has 2 aromatic rings. The van der Waals surface area contributed by atoms with E-state index in [0.29, 0.717) is 18.0 Å². The van der Waals surface area contributed by atoms with Crippen molar-refractivity contribution in [2.45, 2.75) is 45.2 Å². The van der Waals surface area contributed by atoms with Crippen LogP contribution in [-0.4, -0.2) is 34.1 Å². The van der Waals surface area contributed by atoms with Crippen molar-refractivity contribution >= 4 is 28.4 Å². The second-order valence-corrected chi connectivity index (χ2v) is 6.67. The summed E-state index contributed by atoms with van der Waals surface area (Å²) in [7, 11) is 0. The second kappa shape index (κ2) is 7.70. The van der Waals surface area contributed by atoms with E-state index in [1.165, 1.54) is 0 Å². The number of carbonyl (C=O) groups is 2. The van der Waals surface area contributed by atoms with Gasteiger partial charge in [0.15, 0.2) is 0 Å². The Kier molecular flexibility index (Phi) is 5.38. The number of aliphatic hydroxyl groups excluding tert-OH is 1. The lowest BCUT2D eigenvalue weighted by molar-refractivity contribution is -0.136. The van der Waals surface area contributed by atoms with Gasteiger partial charge >= 0.3 is 11.8 Å². The predicted molar refractivity (Wildman–Crippen MR) is 97.2 cm³/mol. The summed E-state index contributed by atoms with van der Waals surface area (Å²) < 4.78 is 2.17. The number of aromatic nitrogens is 1. The first-order valence-corrected chi connectivity index (χ1v) is 8.94. The molecule has 1 aromatic heterocycles. The van der Waals surface area contributed by atoms with E-state index in [0.717, 1.165) is 36.7 Å². The van der Waals surface area contributed by atoms with Crippen molar-refractivity contribution in [3.8, 4) is 0 Å². The second-order valence-electron chi connectivity index (χ2n) is 6.67. The van der Waals surface area contributed by atoms with Crippen molar-refractivity contribution in [2.24, 2.45) is 5.92 Å². The first-order valence-electron chi connectivity index (χ1n) is 8.94. The Bertz CT molecular complexity index is 764. The summed E-state index contributed by atoms with van der Waals surface area (Å²) in [6.07, 6.45) is 5.65. The fourth-order valence-corrected chi connectivity index (χ4v) is 3.20. The van der Waals surface area contributed by atoms with Gasteiger partial charge in [-0.1, -0.05) is 6.92 Å². The summed E-state index contributed by atoms with van der Waals surface area (Å²) in [4.78, 5) is 24.3. The van der Waals surface area contributed by atoms with Crippen molar-refractivity contribution in [1.29, 1.82) is 0 Å². The molecule has 0 spiro atoms. The summed E-state index contributed by atoms with van der Waals surface area (Å²) >= 11 is 0. The zero-order chi connectivity index (χ0) is 17.8. The molecular weight excluding hydrogens is 318 g/mol. The summed E-state index contributed by atoms with van der Waals surface area (Å²) in [6, 6.07) is 7.53. The van der Waals surface area contributed by atoms with Gasteiger partial charge in [0.05, 0.1) is 0 Å². The number of aliphatic hydroxyl groups is 1. The minimum atomic E-state index is -0.670. The zero-order valence-corrected chi connectivity index (χ0v) is 14.5. The van der Waals surface area contributed by atoms with Gasteiger partial charge in [0.1, 0.15) is 0 Å². The molecule has 1 heterocycles. The molecule has 6 heteroatoms. The minimum absolute atomic E-state index is 0.00842. The van der Waals surface area contributed by atoms with E-state index in [1.54, 1.807) is 0 Å². The number of amides is 2. The van der Waals surface area contributed by atoms with E-state index in [2.05, 4.69) is 22.1 Å². The van der Waals surface area contributed by atoms with Crippen molar-refractivity contribution in [3.63, 3.8) is 0 Å². The Morgan fingerprint density at radius 3 is 2.76 bits per heavy atom. The van der Waals surface area contributed by atoms with Crippen LogP contribution < -0.4 is 10.6 Å². The van der Waals surface area contributed by atoms with Crippen molar-refractivity contribution in [2.75, 3.05) is 11.9 Å². The molecule has 0 radical (unpaired) electrons. The van der Waals surface area contributed by atoms with Gasteiger partial charge in [-0.05, 0) is 55.9 Å². The molecule has 1 atom stereocenters. The van der Waals surface area contributed by atoms with Gasteiger partial charge < -0.3 is 20.3 Å². The summed E-state index contributed by atoms with van der Waals surface area (Å²) in [5.41, 5.74) is 1.72. The number of benzene rings is 1. The lowest BCUT2D eigenvalue weighted by Crippen LogP contribution is -2.43. The van der Waals surface area contributed by atoms with Crippen molar-refractivity contribution in [3.05, 3.63) is 30.5 Å². The first-order chi connectivity index (χ1) is 12.1. The SMILES string of the molecule is CCCn1ccc2cc(NC(=O)C(=O)NC(CCO)C3CC3)ccc21. The maximum Gasteiger partial charge on any atom is 0.313 e. The van der Waals surface area contributed by atoms with Crippen molar-refractivity contribution < 1.29 is 14.7 Å². The largest absolute Gasteiger partial charge is 0.396 e. The Morgan fingerprint density at radius 2 is 2.08 bits per heavy atom. The van der Waals surface area contributed by atoms with Gasteiger partial charge in [-0.25, -0.2) is 0 Å². The molecule has 1 aliphatic rings. The monoisotopic (exact) mass is 343 g/mol. The standard InChI is InChI=1S/C19H25N3O3/c1-2-9-22-10-7-14-12-15(5-6-17(14)22)20-18(24)19(25)21-16(8-11-23)13-3-4-13/h5-7,10,12-13,16,23H,2-4,8-9,11H2,1H3,(H,20,24)(H,21,25). The van der Waals surface area contributed by atoms with Gasteiger partial charge in [-0.15, -0.1) is 0 Å². The van der Waals surface area contributed by atoms with Gasteiger partial charge in [0.2, 0.25) is 0 Å². The highest BCUT2D eigenvalue weighted by atomic mass is 16.3. The fourth-order valence-electron chi connectivity index (χ4n) is 3.20. The summed E-state index contributed by atoms with van der Waals surface area (Å²) in [6.45, 7) is 3.09. The molecule has 3 N–H and O–H groups in total. The normalized spacial score (nSPS) is 15.1. The maximum atomic E-state index is 12.1. The van der Waals surface area contributed by atoms with Crippen LogP contribution in [0.4, 0.5) is 5.69 Å². The molecule has 2 amide bonds. The molecular formula is C19H25N3O3. The molecule has 0 bridgehead atoms. The van der Waals surface area contributed by atoms with Gasteiger partial charge in [-0.3, -0.25) is 9.59 Å². The number of fused-ring (bicyclic) bond motifs is 1. The highest BCUT2D eigenvalue weighted by molar-refractivity contribution is 6.39. The van der Waals surface area contributed by atoms with E-state index in [1.807, 2.05) is 30.5 Å². The number of hydrogen-bond donors (Lipinski definition) is 3. The molecule has 0 saturated heterocycles. The van der Waals surface area contributed by atoms with E-state index in [9.17, 15) is 9.59 Å². The molecule has 1 unspecified atom stereocenters.